The van der Waals surface area contributed by atoms with Gasteiger partial charge in [0.1, 0.15) is 0 Å². The van der Waals surface area contributed by atoms with Crippen LogP contribution < -0.4 is 5.32 Å². The molecule has 0 aromatic rings. The molecule has 1 unspecified atom stereocenters. The Morgan fingerprint density at radius 2 is 2.27 bits per heavy atom. The molecule has 0 aromatic heterocycles. The largest absolute Gasteiger partial charge is 0.379 e. The summed E-state index contributed by atoms with van der Waals surface area (Å²) in [4.78, 5) is 0. The lowest BCUT2D eigenvalue weighted by Crippen LogP contribution is -2.46. The lowest BCUT2D eigenvalue weighted by atomic mass is 10.2. The summed E-state index contributed by atoms with van der Waals surface area (Å²) in [5.41, 5.74) is 0. The average Bonchev–Trinajstić information content (AvgIpc) is 2.66. The maximum absolute atomic E-state index is 5.55. The predicted octanol–water partition coefficient (Wildman–Crippen LogP) is 0.560. The van der Waals surface area contributed by atoms with E-state index in [4.69, 9.17) is 14.2 Å². The summed E-state index contributed by atoms with van der Waals surface area (Å²) in [5.74, 6) is 0. The maximum Gasteiger partial charge on any atom is 0.0809 e. The summed E-state index contributed by atoms with van der Waals surface area (Å²) < 4.78 is 16.1. The molecule has 2 fully saturated rings. The number of rotatable bonds is 7. The molecule has 0 bridgehead atoms. The molecule has 4 nitrogen and oxygen atoms in total. The van der Waals surface area contributed by atoms with Crippen molar-refractivity contribution in [2.75, 3.05) is 39.6 Å². The average molecular weight is 215 g/mol. The number of nitrogens with one attached hydrogen (secondary N) is 1. The number of hydrogen-bond acceptors (Lipinski definition) is 4. The second-order valence-corrected chi connectivity index (χ2v) is 4.25. The van der Waals surface area contributed by atoms with E-state index in [2.05, 4.69) is 5.32 Å². The molecular weight excluding hydrogens is 194 g/mol. The van der Waals surface area contributed by atoms with Crippen molar-refractivity contribution in [3.63, 3.8) is 0 Å². The lowest BCUT2D eigenvalue weighted by molar-refractivity contribution is -0.00773. The van der Waals surface area contributed by atoms with Gasteiger partial charge < -0.3 is 19.5 Å². The first kappa shape index (κ1) is 11.3. The summed E-state index contributed by atoms with van der Waals surface area (Å²) in [6, 6.07) is 0.586. The van der Waals surface area contributed by atoms with E-state index in [1.165, 1.54) is 6.42 Å². The zero-order valence-corrected chi connectivity index (χ0v) is 9.24. The smallest absolute Gasteiger partial charge is 0.0809 e. The molecule has 0 spiro atoms. The molecule has 4 heteroatoms. The summed E-state index contributed by atoms with van der Waals surface area (Å²) in [5, 5.41) is 3.41. The second-order valence-electron chi connectivity index (χ2n) is 4.25. The normalized spacial score (nSPS) is 26.8. The molecule has 0 aromatic carbocycles. The molecule has 88 valence electrons. The Bertz CT molecular complexity index is 167. The molecule has 2 aliphatic rings. The van der Waals surface area contributed by atoms with Gasteiger partial charge in [-0.3, -0.25) is 0 Å². The molecule has 2 saturated heterocycles. The van der Waals surface area contributed by atoms with Gasteiger partial charge in [0.05, 0.1) is 32.0 Å². The topological polar surface area (TPSA) is 39.7 Å². The van der Waals surface area contributed by atoms with Crippen molar-refractivity contribution in [2.24, 2.45) is 0 Å². The van der Waals surface area contributed by atoms with Crippen LogP contribution in [-0.4, -0.2) is 51.7 Å². The van der Waals surface area contributed by atoms with Crippen molar-refractivity contribution in [1.82, 2.24) is 5.32 Å². The Balaban J connectivity index is 1.35. The monoisotopic (exact) mass is 215 g/mol. The van der Waals surface area contributed by atoms with Crippen molar-refractivity contribution in [2.45, 2.75) is 31.4 Å². The van der Waals surface area contributed by atoms with E-state index in [1.54, 1.807) is 0 Å². The van der Waals surface area contributed by atoms with Crippen LogP contribution in [0.25, 0.3) is 0 Å². The van der Waals surface area contributed by atoms with E-state index in [0.29, 0.717) is 12.1 Å². The Hall–Kier alpha value is -0.160. The molecule has 2 heterocycles. The van der Waals surface area contributed by atoms with Crippen molar-refractivity contribution >= 4 is 0 Å². The summed E-state index contributed by atoms with van der Waals surface area (Å²) in [6.07, 6.45) is 3.79. The third kappa shape index (κ3) is 4.07. The van der Waals surface area contributed by atoms with Gasteiger partial charge in [-0.1, -0.05) is 0 Å². The molecule has 0 saturated carbocycles. The second kappa shape index (κ2) is 6.43. The van der Waals surface area contributed by atoms with E-state index in [0.717, 1.165) is 52.4 Å². The van der Waals surface area contributed by atoms with Gasteiger partial charge in [-0.05, 0) is 25.8 Å². The van der Waals surface area contributed by atoms with Gasteiger partial charge in [-0.25, -0.2) is 0 Å². The highest BCUT2D eigenvalue weighted by Crippen LogP contribution is 2.11. The van der Waals surface area contributed by atoms with Crippen LogP contribution >= 0.6 is 0 Å². The van der Waals surface area contributed by atoms with Crippen molar-refractivity contribution in [3.8, 4) is 0 Å². The van der Waals surface area contributed by atoms with Crippen molar-refractivity contribution < 1.29 is 14.2 Å². The van der Waals surface area contributed by atoms with Crippen LogP contribution in [0.3, 0.4) is 0 Å². The highest BCUT2D eigenvalue weighted by atomic mass is 16.5. The highest BCUT2D eigenvalue weighted by Gasteiger charge is 2.17. The molecule has 0 aliphatic carbocycles. The van der Waals surface area contributed by atoms with Crippen LogP contribution in [0.2, 0.25) is 0 Å². The SMILES string of the molecule is C(CNC1COC1)COCC1CCCO1. The van der Waals surface area contributed by atoms with Crippen LogP contribution in [0, 0.1) is 0 Å². The molecule has 15 heavy (non-hydrogen) atoms. The molecular formula is C11H21NO3. The Morgan fingerprint density at radius 3 is 2.93 bits per heavy atom. The van der Waals surface area contributed by atoms with E-state index >= 15 is 0 Å². The van der Waals surface area contributed by atoms with E-state index < -0.39 is 0 Å². The van der Waals surface area contributed by atoms with E-state index in [-0.39, 0.29) is 0 Å². The predicted molar refractivity (Wildman–Crippen MR) is 57.0 cm³/mol. The van der Waals surface area contributed by atoms with Crippen LogP contribution in [0.5, 0.6) is 0 Å². The Kier molecular flexibility index (Phi) is 4.86. The standard InChI is InChI=1S/C11H21NO3/c1-3-11(15-6-1)9-13-5-2-4-12-10-7-14-8-10/h10-12H,1-9H2. The highest BCUT2D eigenvalue weighted by molar-refractivity contribution is 4.72. The Morgan fingerprint density at radius 1 is 1.33 bits per heavy atom. The maximum atomic E-state index is 5.55. The van der Waals surface area contributed by atoms with Gasteiger partial charge >= 0.3 is 0 Å². The van der Waals surface area contributed by atoms with E-state index in [9.17, 15) is 0 Å². The first-order chi connectivity index (χ1) is 7.45. The Labute approximate surface area is 91.3 Å². The number of hydrogen-bond donors (Lipinski definition) is 1. The van der Waals surface area contributed by atoms with Gasteiger partial charge in [0.25, 0.3) is 0 Å². The van der Waals surface area contributed by atoms with Gasteiger partial charge in [0, 0.05) is 13.2 Å². The lowest BCUT2D eigenvalue weighted by Gasteiger charge is -2.26. The van der Waals surface area contributed by atoms with Gasteiger partial charge in [0.2, 0.25) is 0 Å². The fourth-order valence-corrected chi connectivity index (χ4v) is 1.82. The van der Waals surface area contributed by atoms with Crippen LogP contribution in [0.4, 0.5) is 0 Å². The molecule has 1 N–H and O–H groups in total. The van der Waals surface area contributed by atoms with Crippen LogP contribution in [0.15, 0.2) is 0 Å². The number of ether oxygens (including phenoxy) is 3. The first-order valence-corrected chi connectivity index (χ1v) is 5.95. The minimum atomic E-state index is 0.359. The van der Waals surface area contributed by atoms with Crippen molar-refractivity contribution in [1.29, 1.82) is 0 Å². The zero-order chi connectivity index (χ0) is 10.3. The molecule has 1 atom stereocenters. The fourth-order valence-electron chi connectivity index (χ4n) is 1.82. The molecule has 0 radical (unpaired) electrons. The summed E-state index contributed by atoms with van der Waals surface area (Å²) in [7, 11) is 0. The van der Waals surface area contributed by atoms with Gasteiger partial charge in [-0.2, -0.15) is 0 Å². The third-order valence-electron chi connectivity index (χ3n) is 2.86. The minimum Gasteiger partial charge on any atom is -0.379 e. The van der Waals surface area contributed by atoms with Gasteiger partial charge in [-0.15, -0.1) is 0 Å². The molecule has 2 rings (SSSR count). The fraction of sp³-hybridized carbons (Fsp3) is 1.00. The van der Waals surface area contributed by atoms with Crippen LogP contribution in [-0.2, 0) is 14.2 Å². The van der Waals surface area contributed by atoms with E-state index in [1.807, 2.05) is 0 Å². The summed E-state index contributed by atoms with van der Waals surface area (Å²) >= 11 is 0. The minimum absolute atomic E-state index is 0.359. The first-order valence-electron chi connectivity index (χ1n) is 5.95. The van der Waals surface area contributed by atoms with Crippen molar-refractivity contribution in [3.05, 3.63) is 0 Å². The van der Waals surface area contributed by atoms with Crippen LogP contribution in [0.1, 0.15) is 19.3 Å². The zero-order valence-electron chi connectivity index (χ0n) is 9.24. The molecule has 2 aliphatic heterocycles. The van der Waals surface area contributed by atoms with Gasteiger partial charge in [0.15, 0.2) is 0 Å². The third-order valence-corrected chi connectivity index (χ3v) is 2.86. The summed E-state index contributed by atoms with van der Waals surface area (Å²) in [6.45, 7) is 5.29. The quantitative estimate of drug-likeness (QED) is 0.630. The molecule has 0 amide bonds.